The summed E-state index contributed by atoms with van der Waals surface area (Å²) >= 11 is 3.15. The highest BCUT2D eigenvalue weighted by Gasteiger charge is 2.19. The average molecular weight is 719 g/mol. The second kappa shape index (κ2) is 14.1. The molecule has 0 aliphatic rings. The lowest BCUT2D eigenvalue weighted by Gasteiger charge is -2.15. The summed E-state index contributed by atoms with van der Waals surface area (Å²) < 4.78 is 11.5. The fraction of sp³-hybridized carbons (Fsp3) is 0.0476. The highest BCUT2D eigenvalue weighted by atomic mass is 32.1. The van der Waals surface area contributed by atoms with Crippen LogP contribution in [-0.2, 0) is 0 Å². The summed E-state index contributed by atoms with van der Waals surface area (Å²) in [6.45, 7) is 0. The lowest BCUT2D eigenvalue weighted by molar-refractivity contribution is 0.102. The number of carbonyl (C=O) groups excluding carboxylic acids is 2. The van der Waals surface area contributed by atoms with Gasteiger partial charge in [0.15, 0.2) is 0 Å². The Bertz CT molecular complexity index is 2420. The number of hydrogen-bond donors (Lipinski definition) is 2. The third kappa shape index (κ3) is 6.37. The molecule has 0 atom stereocenters. The molecule has 52 heavy (non-hydrogen) atoms. The number of para-hydroxylation sites is 2. The van der Waals surface area contributed by atoms with Gasteiger partial charge in [-0.3, -0.25) is 9.59 Å². The molecule has 2 N–H and O–H groups in total. The van der Waals surface area contributed by atoms with E-state index in [0.29, 0.717) is 34.0 Å². The number of methoxy groups -OCH3 is 2. The predicted molar refractivity (Wildman–Crippen MR) is 211 cm³/mol. The van der Waals surface area contributed by atoms with Gasteiger partial charge in [-0.05, 0) is 82.6 Å². The van der Waals surface area contributed by atoms with Crippen LogP contribution in [0.4, 0.5) is 11.4 Å². The van der Waals surface area contributed by atoms with Crippen molar-refractivity contribution in [1.29, 1.82) is 0 Å². The van der Waals surface area contributed by atoms with Crippen LogP contribution < -0.4 is 20.1 Å². The number of fused-ring (bicyclic) bond motifs is 2. The van der Waals surface area contributed by atoms with Gasteiger partial charge in [0.25, 0.3) is 11.8 Å². The fourth-order valence-electron chi connectivity index (χ4n) is 6.15. The quantitative estimate of drug-likeness (QED) is 0.154. The van der Waals surface area contributed by atoms with Gasteiger partial charge in [-0.25, -0.2) is 9.97 Å². The van der Waals surface area contributed by atoms with E-state index in [9.17, 15) is 9.59 Å². The lowest BCUT2D eigenvalue weighted by Crippen LogP contribution is -2.14. The van der Waals surface area contributed by atoms with E-state index in [2.05, 4.69) is 10.6 Å². The van der Waals surface area contributed by atoms with Crippen LogP contribution in [0.3, 0.4) is 0 Å². The first kappa shape index (κ1) is 32.8. The number of anilines is 2. The molecule has 0 spiro atoms. The van der Waals surface area contributed by atoms with E-state index in [1.807, 2.05) is 132 Å². The summed E-state index contributed by atoms with van der Waals surface area (Å²) in [5.41, 5.74) is 6.73. The minimum atomic E-state index is -0.270. The zero-order valence-electron chi connectivity index (χ0n) is 28.0. The standard InChI is InChI=1S/C42H30N4O4S2/c1-49-37-21-25(15-17-33(37)45-41(47)29-23-35(39-13-7-19-51-39)43-31-11-5-3-9-27(29)31)26-16-18-34(38(22-26)50-2)46-42(48)30-24-36(40-14-8-20-52-40)44-32-12-6-4-10-28(30)32/h3-24H,1-2H3,(H,45,47)(H,46,48). The van der Waals surface area contributed by atoms with Crippen LogP contribution in [0.5, 0.6) is 11.5 Å². The number of benzene rings is 4. The zero-order chi connectivity index (χ0) is 35.6. The first-order chi connectivity index (χ1) is 25.5. The SMILES string of the molecule is COc1cc(-c2ccc(NC(=O)c3cc(-c4cccs4)nc4ccccc34)c(OC)c2)ccc1NC(=O)c1cc(-c2cccs2)nc2ccccc12. The van der Waals surface area contributed by atoms with E-state index in [4.69, 9.17) is 19.4 Å². The molecule has 0 aliphatic carbocycles. The van der Waals surface area contributed by atoms with Crippen molar-refractivity contribution in [1.82, 2.24) is 9.97 Å². The number of ether oxygens (including phenoxy) is 2. The summed E-state index contributed by atoms with van der Waals surface area (Å²) in [4.78, 5) is 39.1. The highest BCUT2D eigenvalue weighted by molar-refractivity contribution is 7.13. The molecule has 2 amide bonds. The van der Waals surface area contributed by atoms with E-state index in [1.54, 1.807) is 36.9 Å². The van der Waals surface area contributed by atoms with E-state index in [0.717, 1.165) is 54.1 Å². The Morgan fingerprint density at radius 2 is 0.981 bits per heavy atom. The van der Waals surface area contributed by atoms with Gasteiger partial charge in [0.05, 0.1) is 68.9 Å². The molecule has 8 rings (SSSR count). The van der Waals surface area contributed by atoms with Crippen LogP contribution in [0.2, 0.25) is 0 Å². The number of nitrogens with zero attached hydrogens (tertiary/aromatic N) is 2. The van der Waals surface area contributed by atoms with Crippen LogP contribution in [0, 0.1) is 0 Å². The number of pyridine rings is 2. The molecule has 0 fully saturated rings. The second-order valence-corrected chi connectivity index (χ2v) is 13.7. The Kier molecular flexibility index (Phi) is 8.90. The first-order valence-corrected chi connectivity index (χ1v) is 18.1. The van der Waals surface area contributed by atoms with Crippen molar-refractivity contribution >= 4 is 67.7 Å². The maximum Gasteiger partial charge on any atom is 0.256 e. The van der Waals surface area contributed by atoms with Crippen molar-refractivity contribution in [3.05, 3.63) is 143 Å². The predicted octanol–water partition coefficient (Wildman–Crippen LogP) is 10.4. The molecule has 8 nitrogen and oxygen atoms in total. The third-order valence-corrected chi connectivity index (χ3v) is 10.5. The number of nitrogens with one attached hydrogen (secondary N) is 2. The molecule has 4 aromatic carbocycles. The monoisotopic (exact) mass is 718 g/mol. The van der Waals surface area contributed by atoms with Gasteiger partial charge in [-0.2, -0.15) is 0 Å². The Labute approximate surface area is 307 Å². The van der Waals surface area contributed by atoms with Crippen LogP contribution in [0.15, 0.2) is 132 Å². The molecule has 0 aliphatic heterocycles. The molecule has 0 saturated carbocycles. The van der Waals surface area contributed by atoms with Crippen LogP contribution in [0.25, 0.3) is 54.1 Å². The molecular formula is C42H30N4O4S2. The van der Waals surface area contributed by atoms with E-state index >= 15 is 0 Å². The first-order valence-electron chi connectivity index (χ1n) is 16.4. The van der Waals surface area contributed by atoms with Crippen molar-refractivity contribution in [2.45, 2.75) is 0 Å². The minimum absolute atomic E-state index is 0.270. The van der Waals surface area contributed by atoms with Gasteiger partial charge < -0.3 is 20.1 Å². The lowest BCUT2D eigenvalue weighted by atomic mass is 10.0. The number of carbonyl (C=O) groups is 2. The Morgan fingerprint density at radius 3 is 1.38 bits per heavy atom. The zero-order valence-corrected chi connectivity index (χ0v) is 29.7. The van der Waals surface area contributed by atoms with Crippen molar-refractivity contribution < 1.29 is 19.1 Å². The Morgan fingerprint density at radius 1 is 0.538 bits per heavy atom. The van der Waals surface area contributed by atoms with Crippen LogP contribution in [-0.4, -0.2) is 36.0 Å². The number of aromatic nitrogens is 2. The normalized spacial score (nSPS) is 11.0. The molecule has 0 bridgehead atoms. The summed E-state index contributed by atoms with van der Waals surface area (Å²) in [5.74, 6) is 0.442. The molecule has 10 heteroatoms. The van der Waals surface area contributed by atoms with Gasteiger partial charge in [-0.1, -0.05) is 60.7 Å². The average Bonchev–Trinajstić information content (AvgIpc) is 3.93. The van der Waals surface area contributed by atoms with Crippen molar-refractivity contribution in [3.8, 4) is 43.8 Å². The van der Waals surface area contributed by atoms with Crippen LogP contribution >= 0.6 is 22.7 Å². The summed E-state index contributed by atoms with van der Waals surface area (Å²) in [6, 6.07) is 38.0. The molecule has 0 saturated heterocycles. The highest BCUT2D eigenvalue weighted by Crippen LogP contribution is 2.37. The third-order valence-electron chi connectivity index (χ3n) is 8.70. The fourth-order valence-corrected chi connectivity index (χ4v) is 7.53. The van der Waals surface area contributed by atoms with Crippen molar-refractivity contribution in [2.75, 3.05) is 24.9 Å². The molecule has 4 aromatic heterocycles. The summed E-state index contributed by atoms with van der Waals surface area (Å²) in [7, 11) is 3.13. The molecule has 0 unspecified atom stereocenters. The maximum absolute atomic E-state index is 13.8. The topological polar surface area (TPSA) is 102 Å². The summed E-state index contributed by atoms with van der Waals surface area (Å²) in [6.07, 6.45) is 0. The smallest absolute Gasteiger partial charge is 0.256 e. The van der Waals surface area contributed by atoms with Gasteiger partial charge in [0.2, 0.25) is 0 Å². The van der Waals surface area contributed by atoms with Gasteiger partial charge in [0, 0.05) is 10.8 Å². The van der Waals surface area contributed by atoms with E-state index in [1.165, 1.54) is 0 Å². The van der Waals surface area contributed by atoms with Crippen molar-refractivity contribution in [3.63, 3.8) is 0 Å². The number of rotatable bonds is 9. The van der Waals surface area contributed by atoms with Gasteiger partial charge >= 0.3 is 0 Å². The molecule has 254 valence electrons. The Balaban J connectivity index is 1.06. The van der Waals surface area contributed by atoms with Gasteiger partial charge in [0.1, 0.15) is 11.5 Å². The number of thiophene rings is 2. The van der Waals surface area contributed by atoms with Gasteiger partial charge in [-0.15, -0.1) is 22.7 Å². The van der Waals surface area contributed by atoms with Crippen LogP contribution in [0.1, 0.15) is 20.7 Å². The Hall–Kier alpha value is -6.36. The maximum atomic E-state index is 13.8. The molecule has 8 aromatic rings. The largest absolute Gasteiger partial charge is 0.495 e. The van der Waals surface area contributed by atoms with E-state index < -0.39 is 0 Å². The molecular weight excluding hydrogens is 689 g/mol. The number of hydrogen-bond acceptors (Lipinski definition) is 8. The van der Waals surface area contributed by atoms with Crippen molar-refractivity contribution in [2.24, 2.45) is 0 Å². The summed E-state index contributed by atoms with van der Waals surface area (Å²) in [5, 5.41) is 11.6. The molecule has 4 heterocycles. The molecule has 0 radical (unpaired) electrons. The number of amides is 2. The second-order valence-electron chi connectivity index (χ2n) is 11.8. The van der Waals surface area contributed by atoms with E-state index in [-0.39, 0.29) is 11.8 Å². The minimum Gasteiger partial charge on any atom is -0.495 e.